The molecular weight excluding hydrogens is 666 g/mol. The number of nitrogens with two attached hydrogens (primary N) is 1. The maximum atomic E-state index is 14.0. The van der Waals surface area contributed by atoms with Crippen LogP contribution in [0.25, 0.3) is 0 Å². The van der Waals surface area contributed by atoms with Crippen LogP contribution in [-0.2, 0) is 42.7 Å². The van der Waals surface area contributed by atoms with E-state index in [-0.39, 0.29) is 104 Å². The molecular formula is C41H61NO10. The summed E-state index contributed by atoms with van der Waals surface area (Å²) in [6.07, 6.45) is 6.24. The van der Waals surface area contributed by atoms with Gasteiger partial charge in [0.1, 0.15) is 35.8 Å². The minimum atomic E-state index is -0.790. The molecule has 12 bridgehead atoms. The van der Waals surface area contributed by atoms with Crippen molar-refractivity contribution in [3.05, 3.63) is 24.3 Å². The first kappa shape index (κ1) is 36.4. The number of ketones is 1. The number of hydrogen-bond donors (Lipinski definition) is 2. The molecule has 0 aromatic carbocycles. The lowest BCUT2D eigenvalue weighted by Gasteiger charge is -2.51. The summed E-state index contributed by atoms with van der Waals surface area (Å²) >= 11 is 0. The maximum absolute atomic E-state index is 14.0. The summed E-state index contributed by atoms with van der Waals surface area (Å²) in [7, 11) is 0. The zero-order chi connectivity index (χ0) is 36.1. The Morgan fingerprint density at radius 1 is 0.808 bits per heavy atom. The molecule has 52 heavy (non-hydrogen) atoms. The summed E-state index contributed by atoms with van der Waals surface area (Å²) < 4.78 is 54.5. The summed E-state index contributed by atoms with van der Waals surface area (Å²) in [5, 5.41) is 10.5. The highest BCUT2D eigenvalue weighted by molar-refractivity contribution is 5.79. The molecule has 10 aliphatic heterocycles. The monoisotopic (exact) mass is 727 g/mol. The van der Waals surface area contributed by atoms with Crippen molar-refractivity contribution in [3.63, 3.8) is 0 Å². The Morgan fingerprint density at radius 3 is 2.42 bits per heavy atom. The highest BCUT2D eigenvalue weighted by atomic mass is 16.8. The fourth-order valence-corrected chi connectivity index (χ4v) is 11.7. The lowest BCUT2D eigenvalue weighted by atomic mass is 9.78. The van der Waals surface area contributed by atoms with Crippen LogP contribution in [0.5, 0.6) is 0 Å². The van der Waals surface area contributed by atoms with Crippen molar-refractivity contribution < 1.29 is 47.8 Å². The maximum Gasteiger partial charge on any atom is 0.172 e. The Bertz CT molecular complexity index is 1410. The van der Waals surface area contributed by atoms with Gasteiger partial charge in [0.2, 0.25) is 0 Å². The fraction of sp³-hybridized carbons (Fsp3) is 0.878. The van der Waals surface area contributed by atoms with Crippen molar-refractivity contribution in [2.75, 3.05) is 6.54 Å². The summed E-state index contributed by atoms with van der Waals surface area (Å²) in [6, 6.07) is 0. The van der Waals surface area contributed by atoms with Gasteiger partial charge in [-0.3, -0.25) is 4.79 Å². The number of Topliss-reactive ketones (excluding diaryl/α,β-unsaturated/α-hetero) is 1. The molecule has 0 aromatic rings. The molecule has 0 saturated carbocycles. The minimum Gasteiger partial charge on any atom is -0.392 e. The molecule has 10 aliphatic rings. The third kappa shape index (κ3) is 6.31. The van der Waals surface area contributed by atoms with Crippen LogP contribution in [0, 0.1) is 17.8 Å². The third-order valence-electron chi connectivity index (χ3n) is 14.7. The fourth-order valence-electron chi connectivity index (χ4n) is 11.7. The van der Waals surface area contributed by atoms with Crippen LogP contribution in [0.2, 0.25) is 0 Å². The molecule has 290 valence electrons. The molecule has 0 aliphatic carbocycles. The van der Waals surface area contributed by atoms with Gasteiger partial charge in [-0.15, -0.1) is 0 Å². The van der Waals surface area contributed by atoms with Gasteiger partial charge in [0.15, 0.2) is 5.79 Å². The van der Waals surface area contributed by atoms with E-state index in [0.29, 0.717) is 44.4 Å². The highest BCUT2D eigenvalue weighted by Crippen LogP contribution is 2.58. The Hall–Kier alpha value is -1.25. The Labute approximate surface area is 308 Å². The molecule has 11 heteroatoms. The average Bonchev–Trinajstić information content (AvgIpc) is 3.76. The number of carbonyl (C=O) groups is 1. The number of ether oxygens (including phenoxy) is 8. The smallest absolute Gasteiger partial charge is 0.172 e. The SMILES string of the molecule is C=C1C[C@@H]2CC[C@@]34C[C@H]5O[C@H]6C(O3)[C@H]3O[C@H](CC[C@@H]3O[C@@]6(C)[C@H]5O4)CC(=O)CC3[C@H](CC4O[C@@H](CCC1O2)C[C@@H](C)C4=C)O[C@H](C[C@H](O)CN)[C@@H]3C. The molecule has 10 saturated heterocycles. The summed E-state index contributed by atoms with van der Waals surface area (Å²) in [4.78, 5) is 14.0. The molecule has 10 fully saturated rings. The predicted octanol–water partition coefficient (Wildman–Crippen LogP) is 4.45. The van der Waals surface area contributed by atoms with Gasteiger partial charge < -0.3 is 48.7 Å². The first-order valence-electron chi connectivity index (χ1n) is 20.5. The molecule has 3 N–H and O–H groups in total. The number of aliphatic hydroxyl groups is 1. The minimum absolute atomic E-state index is 0.00437. The van der Waals surface area contributed by atoms with Crippen LogP contribution < -0.4 is 5.73 Å². The van der Waals surface area contributed by atoms with E-state index in [9.17, 15) is 9.90 Å². The van der Waals surface area contributed by atoms with E-state index in [4.69, 9.17) is 43.6 Å². The molecule has 10 heterocycles. The van der Waals surface area contributed by atoms with Crippen LogP contribution in [-0.4, -0.2) is 114 Å². The van der Waals surface area contributed by atoms with Gasteiger partial charge in [-0.05, 0) is 80.8 Å². The second-order valence-corrected chi connectivity index (χ2v) is 18.2. The normalized spacial score (nSPS) is 53.8. The van der Waals surface area contributed by atoms with Crippen molar-refractivity contribution in [3.8, 4) is 0 Å². The van der Waals surface area contributed by atoms with Crippen molar-refractivity contribution >= 4 is 5.78 Å². The number of hydrogen-bond acceptors (Lipinski definition) is 11. The second-order valence-electron chi connectivity index (χ2n) is 18.2. The van der Waals surface area contributed by atoms with Crippen molar-refractivity contribution in [1.29, 1.82) is 0 Å². The number of rotatable bonds is 3. The van der Waals surface area contributed by atoms with Gasteiger partial charge in [-0.1, -0.05) is 27.0 Å². The first-order chi connectivity index (χ1) is 24.9. The highest BCUT2D eigenvalue weighted by Gasteiger charge is 2.73. The molecule has 0 radical (unpaired) electrons. The summed E-state index contributed by atoms with van der Waals surface area (Å²) in [5.41, 5.74) is 7.45. The van der Waals surface area contributed by atoms with E-state index < -0.39 is 17.5 Å². The van der Waals surface area contributed by atoms with Gasteiger partial charge in [-0.25, -0.2) is 0 Å². The molecule has 10 rings (SSSR count). The zero-order valence-corrected chi connectivity index (χ0v) is 31.3. The quantitative estimate of drug-likeness (QED) is 0.399. The Kier molecular flexibility index (Phi) is 9.62. The second kappa shape index (κ2) is 13.7. The zero-order valence-electron chi connectivity index (χ0n) is 31.3. The molecule has 4 unspecified atom stereocenters. The van der Waals surface area contributed by atoms with Gasteiger partial charge in [0.05, 0.1) is 61.0 Å². The lowest BCUT2D eigenvalue weighted by molar-refractivity contribution is -0.301. The van der Waals surface area contributed by atoms with Gasteiger partial charge in [0, 0.05) is 45.1 Å². The van der Waals surface area contributed by atoms with Gasteiger partial charge >= 0.3 is 0 Å². The van der Waals surface area contributed by atoms with Crippen LogP contribution in [0.1, 0.15) is 104 Å². The molecule has 19 atom stereocenters. The van der Waals surface area contributed by atoms with Crippen molar-refractivity contribution in [2.24, 2.45) is 23.5 Å². The largest absolute Gasteiger partial charge is 0.392 e. The predicted molar refractivity (Wildman–Crippen MR) is 189 cm³/mol. The van der Waals surface area contributed by atoms with Crippen LogP contribution in [0.4, 0.5) is 0 Å². The Morgan fingerprint density at radius 2 is 1.60 bits per heavy atom. The summed E-state index contributed by atoms with van der Waals surface area (Å²) in [6.45, 7) is 15.6. The first-order valence-corrected chi connectivity index (χ1v) is 20.5. The van der Waals surface area contributed by atoms with Crippen LogP contribution in [0.15, 0.2) is 24.3 Å². The van der Waals surface area contributed by atoms with E-state index in [2.05, 4.69) is 33.9 Å². The molecule has 11 nitrogen and oxygen atoms in total. The van der Waals surface area contributed by atoms with Gasteiger partial charge in [-0.2, -0.15) is 0 Å². The van der Waals surface area contributed by atoms with Crippen LogP contribution in [0.3, 0.4) is 0 Å². The van der Waals surface area contributed by atoms with E-state index in [0.717, 1.165) is 56.1 Å². The van der Waals surface area contributed by atoms with E-state index in [1.54, 1.807) is 0 Å². The van der Waals surface area contributed by atoms with Crippen LogP contribution >= 0.6 is 0 Å². The molecule has 1 spiro atoms. The standard InChI is InChI=1S/C41H61NO10/c1-20-12-26-6-8-30-21(2)13-28(45-30)10-11-41-18-35-38(52-41)40(5)39(49-35)37(51-41)36-31(50-40)9-7-27(47-36)14-24(43)15-29-23(4)32(16-25(44)19-42)48-34(29)17-33(46-26)22(20)3/h20,23,25-39,44H,2-3,6-19,42H2,1,4-5H3/t20-,23-,25+,26+,27-,28+,29?,30?,31+,32-,33?,34+,35-,36+,37?,38+,39+,40+,41-/m1/s1. The summed E-state index contributed by atoms with van der Waals surface area (Å²) in [5.74, 6) is -0.261. The average molecular weight is 728 g/mol. The van der Waals surface area contributed by atoms with Gasteiger partial charge in [0.25, 0.3) is 0 Å². The van der Waals surface area contributed by atoms with E-state index >= 15 is 0 Å². The van der Waals surface area contributed by atoms with Crippen molar-refractivity contribution in [1.82, 2.24) is 0 Å². The third-order valence-corrected chi connectivity index (χ3v) is 14.7. The number of aliphatic hydroxyl groups excluding tert-OH is 1. The topological polar surface area (TPSA) is 137 Å². The molecule has 0 amide bonds. The van der Waals surface area contributed by atoms with Crippen molar-refractivity contribution in [2.45, 2.75) is 201 Å². The van der Waals surface area contributed by atoms with E-state index in [1.165, 1.54) is 0 Å². The lowest BCUT2D eigenvalue weighted by Crippen LogP contribution is -2.66. The number of fused-ring (bicyclic) bond motifs is 6. The number of carbonyl (C=O) groups excluding carboxylic acids is 1. The Balaban J connectivity index is 0.995. The van der Waals surface area contributed by atoms with E-state index in [1.807, 2.05) is 0 Å². The molecule has 0 aromatic heterocycles.